The molecule has 1 unspecified atom stereocenters. The molecule has 0 radical (unpaired) electrons. The highest BCUT2D eigenvalue weighted by atomic mass is 32.2. The van der Waals surface area contributed by atoms with Crippen molar-refractivity contribution in [3.8, 4) is 0 Å². The van der Waals surface area contributed by atoms with E-state index < -0.39 is 9.84 Å². The lowest BCUT2D eigenvalue weighted by Gasteiger charge is -2.17. The molecule has 0 aliphatic carbocycles. The van der Waals surface area contributed by atoms with Crippen molar-refractivity contribution < 1.29 is 12.8 Å². The largest absolute Gasteiger partial charge is 0.316 e. The molecule has 0 saturated carbocycles. The SMILES string of the molecule is CCCNCC(CCCS(C)(=O)=O)Cc1ccc(F)cc1. The van der Waals surface area contributed by atoms with Crippen LogP contribution >= 0.6 is 0 Å². The minimum absolute atomic E-state index is 0.225. The molecule has 120 valence electrons. The summed E-state index contributed by atoms with van der Waals surface area (Å²) in [5.74, 6) is 0.390. The number of rotatable bonds is 10. The van der Waals surface area contributed by atoms with Gasteiger partial charge in [0.2, 0.25) is 0 Å². The van der Waals surface area contributed by atoms with Crippen LogP contribution in [0.3, 0.4) is 0 Å². The van der Waals surface area contributed by atoms with Gasteiger partial charge in [-0.05, 0) is 62.4 Å². The summed E-state index contributed by atoms with van der Waals surface area (Å²) in [5.41, 5.74) is 1.10. The summed E-state index contributed by atoms with van der Waals surface area (Å²) in [5, 5.41) is 3.39. The van der Waals surface area contributed by atoms with E-state index in [4.69, 9.17) is 0 Å². The van der Waals surface area contributed by atoms with Gasteiger partial charge in [-0.25, -0.2) is 12.8 Å². The first-order chi connectivity index (χ1) is 9.90. The minimum atomic E-state index is -2.89. The molecule has 0 aliphatic heterocycles. The van der Waals surface area contributed by atoms with Gasteiger partial charge >= 0.3 is 0 Å². The Morgan fingerprint density at radius 1 is 1.24 bits per heavy atom. The van der Waals surface area contributed by atoms with Gasteiger partial charge in [0, 0.05) is 12.0 Å². The lowest BCUT2D eigenvalue weighted by atomic mass is 9.95. The molecule has 1 aromatic carbocycles. The van der Waals surface area contributed by atoms with Crippen molar-refractivity contribution in [1.82, 2.24) is 5.32 Å². The second-order valence-corrected chi connectivity index (χ2v) is 7.93. The molecule has 0 spiro atoms. The van der Waals surface area contributed by atoms with E-state index in [2.05, 4.69) is 12.2 Å². The van der Waals surface area contributed by atoms with Gasteiger partial charge < -0.3 is 5.32 Å². The molecule has 0 aromatic heterocycles. The summed E-state index contributed by atoms with van der Waals surface area (Å²) in [4.78, 5) is 0. The molecule has 0 aliphatic rings. The molecular weight excluding hydrogens is 289 g/mol. The van der Waals surface area contributed by atoms with E-state index in [1.54, 1.807) is 12.1 Å². The Labute approximate surface area is 127 Å². The zero-order valence-corrected chi connectivity index (χ0v) is 13.8. The molecule has 1 atom stereocenters. The lowest BCUT2D eigenvalue weighted by molar-refractivity contribution is 0.438. The van der Waals surface area contributed by atoms with Gasteiger partial charge in [0.25, 0.3) is 0 Å². The predicted molar refractivity (Wildman–Crippen MR) is 85.7 cm³/mol. The molecule has 0 saturated heterocycles. The fourth-order valence-corrected chi connectivity index (χ4v) is 3.04. The Kier molecular flexibility index (Phi) is 7.89. The van der Waals surface area contributed by atoms with E-state index >= 15 is 0 Å². The Balaban J connectivity index is 2.52. The van der Waals surface area contributed by atoms with E-state index in [-0.39, 0.29) is 11.6 Å². The molecule has 0 bridgehead atoms. The second-order valence-electron chi connectivity index (χ2n) is 5.67. The van der Waals surface area contributed by atoms with E-state index in [1.165, 1.54) is 18.4 Å². The van der Waals surface area contributed by atoms with Crippen LogP contribution in [0.1, 0.15) is 31.7 Å². The van der Waals surface area contributed by atoms with Crippen LogP contribution in [0.5, 0.6) is 0 Å². The fourth-order valence-electron chi connectivity index (χ4n) is 2.35. The van der Waals surface area contributed by atoms with Gasteiger partial charge in [-0.1, -0.05) is 19.1 Å². The summed E-state index contributed by atoms with van der Waals surface area (Å²) in [6.45, 7) is 3.95. The van der Waals surface area contributed by atoms with Crippen molar-refractivity contribution in [1.29, 1.82) is 0 Å². The zero-order chi connectivity index (χ0) is 15.7. The molecule has 0 fully saturated rings. The van der Waals surface area contributed by atoms with E-state index in [1.807, 2.05) is 0 Å². The van der Waals surface area contributed by atoms with Crippen molar-refractivity contribution in [3.05, 3.63) is 35.6 Å². The Morgan fingerprint density at radius 2 is 1.90 bits per heavy atom. The van der Waals surface area contributed by atoms with Crippen LogP contribution < -0.4 is 5.32 Å². The normalized spacial score (nSPS) is 13.3. The van der Waals surface area contributed by atoms with Crippen molar-refractivity contribution in [2.24, 2.45) is 5.92 Å². The Hall–Kier alpha value is -0.940. The maximum absolute atomic E-state index is 12.9. The van der Waals surface area contributed by atoms with Gasteiger partial charge in [-0.15, -0.1) is 0 Å². The van der Waals surface area contributed by atoms with Crippen molar-refractivity contribution in [2.75, 3.05) is 25.1 Å². The van der Waals surface area contributed by atoms with Crippen LogP contribution in [0.25, 0.3) is 0 Å². The van der Waals surface area contributed by atoms with Crippen LogP contribution in [0.15, 0.2) is 24.3 Å². The fraction of sp³-hybridized carbons (Fsp3) is 0.625. The highest BCUT2D eigenvalue weighted by Crippen LogP contribution is 2.15. The monoisotopic (exact) mass is 315 g/mol. The number of benzene rings is 1. The van der Waals surface area contributed by atoms with Crippen LogP contribution in [0, 0.1) is 11.7 Å². The molecule has 21 heavy (non-hydrogen) atoms. The molecule has 0 heterocycles. The lowest BCUT2D eigenvalue weighted by Crippen LogP contribution is -2.25. The summed E-state index contributed by atoms with van der Waals surface area (Å²) in [7, 11) is -2.89. The third-order valence-corrected chi connectivity index (χ3v) is 4.46. The summed E-state index contributed by atoms with van der Waals surface area (Å²) in [6.07, 6.45) is 4.74. The van der Waals surface area contributed by atoms with Crippen molar-refractivity contribution in [2.45, 2.75) is 32.6 Å². The topological polar surface area (TPSA) is 46.2 Å². The Morgan fingerprint density at radius 3 is 2.48 bits per heavy atom. The molecule has 1 N–H and O–H groups in total. The standard InChI is InChI=1S/C16H26FNO2S/c1-3-10-18-13-15(5-4-11-21(2,19)20)12-14-6-8-16(17)9-7-14/h6-9,15,18H,3-5,10-13H2,1-2H3. The second kappa shape index (κ2) is 9.15. The first-order valence-corrected chi connectivity index (χ1v) is 9.59. The minimum Gasteiger partial charge on any atom is -0.316 e. The third-order valence-electron chi connectivity index (χ3n) is 3.42. The van der Waals surface area contributed by atoms with Gasteiger partial charge in [-0.2, -0.15) is 0 Å². The first kappa shape index (κ1) is 18.1. The molecular formula is C16H26FNO2S. The maximum atomic E-state index is 12.9. The van der Waals surface area contributed by atoms with Crippen LogP contribution in [-0.4, -0.2) is 33.5 Å². The van der Waals surface area contributed by atoms with E-state index in [9.17, 15) is 12.8 Å². The summed E-state index contributed by atoms with van der Waals surface area (Å²) < 4.78 is 35.4. The third kappa shape index (κ3) is 8.83. The highest BCUT2D eigenvalue weighted by Gasteiger charge is 2.11. The molecule has 3 nitrogen and oxygen atoms in total. The van der Waals surface area contributed by atoms with Crippen LogP contribution in [0.2, 0.25) is 0 Å². The Bertz CT molecular complexity index is 500. The van der Waals surface area contributed by atoms with Gasteiger partial charge in [0.1, 0.15) is 15.7 Å². The van der Waals surface area contributed by atoms with E-state index in [0.717, 1.165) is 37.9 Å². The first-order valence-electron chi connectivity index (χ1n) is 7.53. The smallest absolute Gasteiger partial charge is 0.147 e. The average Bonchev–Trinajstić information content (AvgIpc) is 2.40. The van der Waals surface area contributed by atoms with Crippen molar-refractivity contribution in [3.63, 3.8) is 0 Å². The van der Waals surface area contributed by atoms with E-state index in [0.29, 0.717) is 12.3 Å². The van der Waals surface area contributed by atoms with Crippen LogP contribution in [-0.2, 0) is 16.3 Å². The van der Waals surface area contributed by atoms with Crippen LogP contribution in [0.4, 0.5) is 4.39 Å². The molecule has 1 rings (SSSR count). The van der Waals surface area contributed by atoms with Crippen molar-refractivity contribution >= 4 is 9.84 Å². The molecule has 5 heteroatoms. The quantitative estimate of drug-likeness (QED) is 0.675. The van der Waals surface area contributed by atoms with Gasteiger partial charge in [0.15, 0.2) is 0 Å². The summed E-state index contributed by atoms with van der Waals surface area (Å²) >= 11 is 0. The summed E-state index contributed by atoms with van der Waals surface area (Å²) in [6, 6.07) is 6.56. The van der Waals surface area contributed by atoms with Gasteiger partial charge in [-0.3, -0.25) is 0 Å². The number of hydrogen-bond donors (Lipinski definition) is 1. The molecule has 0 amide bonds. The molecule has 1 aromatic rings. The van der Waals surface area contributed by atoms with Gasteiger partial charge in [0.05, 0.1) is 0 Å². The predicted octanol–water partition coefficient (Wildman–Crippen LogP) is 2.81. The maximum Gasteiger partial charge on any atom is 0.147 e. The number of nitrogens with one attached hydrogen (secondary N) is 1. The number of hydrogen-bond acceptors (Lipinski definition) is 3. The number of sulfone groups is 1. The zero-order valence-electron chi connectivity index (χ0n) is 12.9. The number of halogens is 1. The average molecular weight is 315 g/mol. The highest BCUT2D eigenvalue weighted by molar-refractivity contribution is 7.90.